The van der Waals surface area contributed by atoms with Gasteiger partial charge in [0.25, 0.3) is 0 Å². The van der Waals surface area contributed by atoms with Crippen molar-refractivity contribution in [2.75, 3.05) is 6.61 Å². The van der Waals surface area contributed by atoms with Gasteiger partial charge in [-0.25, -0.2) is 0 Å². The van der Waals surface area contributed by atoms with Crippen molar-refractivity contribution in [3.05, 3.63) is 0 Å². The van der Waals surface area contributed by atoms with Crippen LogP contribution in [-0.2, 0) is 9.53 Å². The molecule has 2 N–H and O–H groups in total. The van der Waals surface area contributed by atoms with Crippen molar-refractivity contribution < 1.29 is 9.53 Å². The number of carbonyl (C=O) groups excluding carboxylic acids is 1. The second-order valence-corrected chi connectivity index (χ2v) is 2.01. The molecule has 1 fully saturated rings. The maximum atomic E-state index is 10.5. The van der Waals surface area contributed by atoms with Crippen LogP contribution < -0.4 is 5.73 Å². The van der Waals surface area contributed by atoms with Crippen LogP contribution in [0.25, 0.3) is 0 Å². The Hall–Kier alpha value is -0.410. The van der Waals surface area contributed by atoms with Crippen molar-refractivity contribution in [3.63, 3.8) is 0 Å². The van der Waals surface area contributed by atoms with Crippen molar-refractivity contribution in [2.45, 2.75) is 19.1 Å². The van der Waals surface area contributed by atoms with E-state index < -0.39 is 0 Å². The van der Waals surface area contributed by atoms with E-state index in [1.165, 1.54) is 0 Å². The highest BCUT2D eigenvalue weighted by Crippen LogP contribution is 2.05. The van der Waals surface area contributed by atoms with Crippen molar-refractivity contribution >= 4 is 5.78 Å². The van der Waals surface area contributed by atoms with Crippen LogP contribution in [0.15, 0.2) is 0 Å². The van der Waals surface area contributed by atoms with Gasteiger partial charge in [-0.2, -0.15) is 0 Å². The topological polar surface area (TPSA) is 52.3 Å². The van der Waals surface area contributed by atoms with E-state index in [9.17, 15) is 4.79 Å². The molecule has 0 bridgehead atoms. The molecule has 1 aliphatic rings. The summed E-state index contributed by atoms with van der Waals surface area (Å²) in [5.41, 5.74) is 5.35. The van der Waals surface area contributed by atoms with E-state index in [1.807, 2.05) is 0 Å². The fraction of sp³-hybridized carbons (Fsp3) is 0.800. The molecule has 1 heterocycles. The number of nitrogens with two attached hydrogens (primary N) is 1. The number of ether oxygens (including phenoxy) is 1. The van der Waals surface area contributed by atoms with Crippen molar-refractivity contribution in [3.8, 4) is 0 Å². The van der Waals surface area contributed by atoms with Crippen LogP contribution in [-0.4, -0.2) is 24.5 Å². The summed E-state index contributed by atoms with van der Waals surface area (Å²) in [6.45, 7) is 2.00. The van der Waals surface area contributed by atoms with Crippen LogP contribution in [0.5, 0.6) is 0 Å². The summed E-state index contributed by atoms with van der Waals surface area (Å²) < 4.78 is 4.90. The van der Waals surface area contributed by atoms with Gasteiger partial charge in [-0.3, -0.25) is 4.79 Å². The van der Waals surface area contributed by atoms with Gasteiger partial charge in [0.05, 0.1) is 12.1 Å². The monoisotopic (exact) mass is 115 g/mol. The summed E-state index contributed by atoms with van der Waals surface area (Å²) in [5, 5.41) is 0. The fourth-order valence-electron chi connectivity index (χ4n) is 0.675. The molecule has 1 aliphatic heterocycles. The molecular weight excluding hydrogens is 106 g/mol. The Morgan fingerprint density at radius 2 is 2.50 bits per heavy atom. The van der Waals surface area contributed by atoms with Crippen LogP contribution in [0.3, 0.4) is 0 Å². The Bertz CT molecular complexity index is 113. The molecule has 0 spiro atoms. The van der Waals surface area contributed by atoms with E-state index in [4.69, 9.17) is 10.5 Å². The summed E-state index contributed by atoms with van der Waals surface area (Å²) in [4.78, 5) is 10.5. The Balaban J connectivity index is 2.56. The first-order valence-corrected chi connectivity index (χ1v) is 2.61. The molecule has 0 aromatic carbocycles. The van der Waals surface area contributed by atoms with Gasteiger partial charge in [0, 0.05) is 0 Å². The predicted octanol–water partition coefficient (Wildman–Crippen LogP) is -0.699. The Morgan fingerprint density at radius 3 is 2.62 bits per heavy atom. The molecule has 0 aliphatic carbocycles. The predicted molar refractivity (Wildman–Crippen MR) is 28.4 cm³/mol. The van der Waals surface area contributed by atoms with E-state index in [1.54, 1.807) is 6.92 Å². The first-order chi connectivity index (χ1) is 3.72. The Morgan fingerprint density at radius 1 is 1.88 bits per heavy atom. The highest BCUT2D eigenvalue weighted by Gasteiger charge is 2.28. The van der Waals surface area contributed by atoms with E-state index >= 15 is 0 Å². The van der Waals surface area contributed by atoms with Gasteiger partial charge in [-0.15, -0.1) is 0 Å². The molecule has 0 unspecified atom stereocenters. The summed E-state index contributed by atoms with van der Waals surface area (Å²) in [5.74, 6) is 0.0116. The normalized spacial score (nSPS) is 38.5. The highest BCUT2D eigenvalue weighted by molar-refractivity contribution is 5.87. The summed E-state index contributed by atoms with van der Waals surface area (Å²) in [6.07, 6.45) is -0.0810. The summed E-state index contributed by atoms with van der Waals surface area (Å²) in [7, 11) is 0. The zero-order valence-corrected chi connectivity index (χ0v) is 4.76. The largest absolute Gasteiger partial charge is 0.369 e. The molecule has 2 atom stereocenters. The zero-order valence-electron chi connectivity index (χ0n) is 4.76. The van der Waals surface area contributed by atoms with E-state index in [-0.39, 0.29) is 24.5 Å². The average molecular weight is 115 g/mol. The minimum atomic E-state index is -0.380. The molecule has 46 valence electrons. The minimum Gasteiger partial charge on any atom is -0.369 e. The van der Waals surface area contributed by atoms with Crippen LogP contribution in [0.2, 0.25) is 0 Å². The minimum absolute atomic E-state index is 0.0116. The first kappa shape index (κ1) is 5.72. The van der Waals surface area contributed by atoms with Crippen LogP contribution >= 0.6 is 0 Å². The molecule has 8 heavy (non-hydrogen) atoms. The van der Waals surface area contributed by atoms with Gasteiger partial charge in [-0.05, 0) is 6.92 Å². The van der Waals surface area contributed by atoms with E-state index in [0.717, 1.165) is 0 Å². The number of hydrogen-bond donors (Lipinski definition) is 1. The number of Topliss-reactive ketones (excluding diaryl/α,β-unsaturated/α-hetero) is 1. The molecule has 0 amide bonds. The van der Waals surface area contributed by atoms with Gasteiger partial charge < -0.3 is 10.5 Å². The summed E-state index contributed by atoms with van der Waals surface area (Å²) in [6, 6.07) is -0.380. The lowest BCUT2D eigenvalue weighted by atomic mass is 10.2. The maximum absolute atomic E-state index is 10.5. The standard InChI is InChI=1S/C5H9NO2/c1-3-5(6)4(7)2-8-3/h3,5H,2,6H2,1H3/t3-,5-/m0/s1. The molecular formula is C5H9NO2. The van der Waals surface area contributed by atoms with Crippen LogP contribution in [0, 0.1) is 0 Å². The lowest BCUT2D eigenvalue weighted by molar-refractivity contribution is -0.118. The van der Waals surface area contributed by atoms with E-state index in [0.29, 0.717) is 0 Å². The van der Waals surface area contributed by atoms with Gasteiger partial charge in [-0.1, -0.05) is 0 Å². The summed E-state index contributed by atoms with van der Waals surface area (Å²) >= 11 is 0. The molecule has 1 saturated heterocycles. The van der Waals surface area contributed by atoms with E-state index in [2.05, 4.69) is 0 Å². The third kappa shape index (κ3) is 0.743. The maximum Gasteiger partial charge on any atom is 0.177 e. The molecule has 0 aromatic heterocycles. The van der Waals surface area contributed by atoms with Crippen molar-refractivity contribution in [1.82, 2.24) is 0 Å². The Labute approximate surface area is 47.8 Å². The lowest BCUT2D eigenvalue weighted by Gasteiger charge is -2.03. The molecule has 0 radical (unpaired) electrons. The quantitative estimate of drug-likeness (QED) is 0.454. The van der Waals surface area contributed by atoms with Crippen molar-refractivity contribution in [1.29, 1.82) is 0 Å². The first-order valence-electron chi connectivity index (χ1n) is 2.61. The number of carbonyl (C=O) groups is 1. The number of hydrogen-bond acceptors (Lipinski definition) is 3. The van der Waals surface area contributed by atoms with Gasteiger partial charge in [0.1, 0.15) is 6.61 Å². The molecule has 0 saturated carbocycles. The van der Waals surface area contributed by atoms with Gasteiger partial charge in [0.2, 0.25) is 0 Å². The second-order valence-electron chi connectivity index (χ2n) is 2.01. The van der Waals surface area contributed by atoms with Gasteiger partial charge >= 0.3 is 0 Å². The fourth-order valence-corrected chi connectivity index (χ4v) is 0.675. The van der Waals surface area contributed by atoms with Gasteiger partial charge in [0.15, 0.2) is 5.78 Å². The third-order valence-corrected chi connectivity index (χ3v) is 1.37. The SMILES string of the molecule is C[C@@H]1OCC(=O)[C@H]1N. The number of rotatable bonds is 0. The Kier molecular flexibility index (Phi) is 1.31. The molecule has 1 rings (SSSR count). The third-order valence-electron chi connectivity index (χ3n) is 1.37. The molecule has 0 aromatic rings. The number of ketones is 1. The molecule has 3 nitrogen and oxygen atoms in total. The molecule has 3 heteroatoms. The van der Waals surface area contributed by atoms with Crippen LogP contribution in [0.1, 0.15) is 6.92 Å². The van der Waals surface area contributed by atoms with Crippen molar-refractivity contribution in [2.24, 2.45) is 5.73 Å². The lowest BCUT2D eigenvalue weighted by Crippen LogP contribution is -2.33. The zero-order chi connectivity index (χ0) is 6.15. The second kappa shape index (κ2) is 1.84. The average Bonchev–Trinajstić information content (AvgIpc) is 1.98. The highest BCUT2D eigenvalue weighted by atomic mass is 16.5. The smallest absolute Gasteiger partial charge is 0.177 e. The van der Waals surface area contributed by atoms with Crippen LogP contribution in [0.4, 0.5) is 0 Å².